The summed E-state index contributed by atoms with van der Waals surface area (Å²) >= 11 is 0. The van der Waals surface area contributed by atoms with E-state index in [0.29, 0.717) is 11.7 Å². The number of rotatable bonds is 8. The average Bonchev–Trinajstić information content (AvgIpc) is 3.12. The molecule has 202 valence electrons. The molecular formula is C26H38N4O4S2Si. The summed E-state index contributed by atoms with van der Waals surface area (Å²) in [7, 11) is -8.29. The molecule has 1 fully saturated rings. The van der Waals surface area contributed by atoms with Crippen molar-refractivity contribution in [2.75, 3.05) is 0 Å². The fourth-order valence-corrected chi connectivity index (χ4v) is 12.7. The van der Waals surface area contributed by atoms with Crippen LogP contribution in [-0.4, -0.2) is 62.3 Å². The van der Waals surface area contributed by atoms with E-state index in [1.807, 2.05) is 125 Å². The second kappa shape index (κ2) is 12.6. The minimum atomic E-state index is -3.96. The van der Waals surface area contributed by atoms with Gasteiger partial charge in [-0.25, -0.2) is 8.42 Å². The Morgan fingerprint density at radius 3 is 1.24 bits per heavy atom. The molecule has 0 saturated carbocycles. The second-order valence-electron chi connectivity index (χ2n) is 9.88. The predicted molar refractivity (Wildman–Crippen MR) is 154 cm³/mol. The Labute approximate surface area is 226 Å². The van der Waals surface area contributed by atoms with Crippen molar-refractivity contribution in [3.05, 3.63) is 71.8 Å². The number of nitrogens with zero attached hydrogens (tertiary/aromatic N) is 4. The molecule has 1 saturated heterocycles. The molecule has 0 N–H and O–H groups in total. The van der Waals surface area contributed by atoms with Crippen LogP contribution in [0.25, 0.3) is 0 Å². The van der Waals surface area contributed by atoms with Crippen LogP contribution in [0.15, 0.2) is 70.6 Å². The van der Waals surface area contributed by atoms with Crippen LogP contribution in [0, 0.1) is 0 Å². The zero-order valence-corrected chi connectivity index (χ0v) is 25.5. The number of aliphatic imine (C=N–C) groups is 2. The van der Waals surface area contributed by atoms with Gasteiger partial charge in [-0.05, 0) is 55.4 Å². The van der Waals surface area contributed by atoms with Crippen molar-refractivity contribution in [3.63, 3.8) is 0 Å². The van der Waals surface area contributed by atoms with Gasteiger partial charge in [0.2, 0.25) is 0 Å². The molecule has 8 nitrogen and oxygen atoms in total. The highest BCUT2D eigenvalue weighted by atomic mass is 33.2. The Bertz CT molecular complexity index is 1070. The van der Waals surface area contributed by atoms with Gasteiger partial charge in [0, 0.05) is 35.3 Å². The van der Waals surface area contributed by atoms with E-state index in [1.54, 1.807) is 0 Å². The largest absolute Gasteiger partial charge is 0.619 e. The van der Waals surface area contributed by atoms with Crippen molar-refractivity contribution in [1.29, 1.82) is 0 Å². The summed E-state index contributed by atoms with van der Waals surface area (Å²) < 4.78 is 42.4. The molecule has 0 aromatic heterocycles. The van der Waals surface area contributed by atoms with Crippen LogP contribution in [0.2, 0.25) is 0 Å². The minimum absolute atomic E-state index is 0.0506. The molecular weight excluding hydrogens is 525 g/mol. The van der Waals surface area contributed by atoms with Crippen LogP contribution in [0.1, 0.15) is 66.5 Å². The molecule has 0 radical (unpaired) electrons. The summed E-state index contributed by atoms with van der Waals surface area (Å²) in [6.07, 6.45) is 0. The van der Waals surface area contributed by atoms with Crippen molar-refractivity contribution in [3.8, 4) is 0 Å². The van der Waals surface area contributed by atoms with Crippen LogP contribution < -0.4 is 0 Å². The second-order valence-corrected chi connectivity index (χ2v) is 15.7. The van der Waals surface area contributed by atoms with E-state index in [4.69, 9.17) is 17.7 Å². The lowest BCUT2D eigenvalue weighted by Crippen LogP contribution is -2.73. The SMILES string of the molecule is CC(C)N=C(c1ccccc1)N(C(C)C)[Si]1(N(C(=NC(C)C)c2ccccc2)C(C)C)OS(=O)S(=O)O1. The molecule has 2 aromatic rings. The topological polar surface area (TPSA) is 83.8 Å². The number of hydrogen-bond donors (Lipinski definition) is 0. The van der Waals surface area contributed by atoms with E-state index >= 15 is 0 Å². The van der Waals surface area contributed by atoms with E-state index in [-0.39, 0.29) is 24.2 Å². The fourth-order valence-electron chi connectivity index (χ4n) is 4.15. The Morgan fingerprint density at radius 2 is 0.973 bits per heavy atom. The van der Waals surface area contributed by atoms with Gasteiger partial charge >= 0.3 is 8.88 Å². The van der Waals surface area contributed by atoms with Gasteiger partial charge < -0.3 is 9.13 Å². The molecule has 3 rings (SSSR count). The minimum Gasteiger partial charge on any atom is -0.317 e. The molecule has 2 unspecified atom stereocenters. The lowest BCUT2D eigenvalue weighted by molar-refractivity contribution is 0.238. The smallest absolute Gasteiger partial charge is 0.317 e. The maximum atomic E-state index is 13.0. The number of amidine groups is 2. The van der Waals surface area contributed by atoms with Gasteiger partial charge in [0.15, 0.2) is 0 Å². The third-order valence-electron chi connectivity index (χ3n) is 5.39. The van der Waals surface area contributed by atoms with Crippen LogP contribution in [-0.2, 0) is 28.0 Å². The molecule has 1 heterocycles. The highest BCUT2D eigenvalue weighted by Crippen LogP contribution is 2.35. The van der Waals surface area contributed by atoms with Gasteiger partial charge in [-0.15, -0.1) is 0 Å². The molecule has 0 amide bonds. The zero-order chi connectivity index (χ0) is 27.3. The number of hydrogen-bond acceptors (Lipinski definition) is 6. The van der Waals surface area contributed by atoms with E-state index in [2.05, 4.69) is 0 Å². The number of benzene rings is 2. The standard InChI is InChI=1S/C26H38N4O4S2Si/c1-19(2)27-25(23-15-11-9-12-16-23)29(21(5)6)37(33-35(31)36(32)34-37)30(22(7)8)26(28-20(3)4)24-17-13-10-14-18-24/h9-22H,1-8H3. The third-order valence-corrected chi connectivity index (χ3v) is 13.0. The maximum absolute atomic E-state index is 13.0. The molecule has 0 aliphatic carbocycles. The maximum Gasteiger partial charge on any atom is 0.619 e. The molecule has 37 heavy (non-hydrogen) atoms. The zero-order valence-electron chi connectivity index (χ0n) is 22.8. The van der Waals surface area contributed by atoms with E-state index in [9.17, 15) is 8.42 Å². The highest BCUT2D eigenvalue weighted by Gasteiger charge is 2.66. The third kappa shape index (κ3) is 6.64. The van der Waals surface area contributed by atoms with Gasteiger partial charge in [-0.2, -0.15) is 0 Å². The predicted octanol–water partition coefficient (Wildman–Crippen LogP) is 4.84. The average molecular weight is 563 g/mol. The van der Waals surface area contributed by atoms with Gasteiger partial charge in [0.05, 0.1) is 0 Å². The summed E-state index contributed by atoms with van der Waals surface area (Å²) in [5, 5.41) is 0. The molecule has 2 atom stereocenters. The molecule has 1 aliphatic rings. The Kier molecular flexibility index (Phi) is 9.98. The van der Waals surface area contributed by atoms with Crippen LogP contribution >= 0.6 is 0 Å². The quantitative estimate of drug-likeness (QED) is 0.198. The van der Waals surface area contributed by atoms with Crippen molar-refractivity contribution >= 4 is 40.8 Å². The van der Waals surface area contributed by atoms with Crippen molar-refractivity contribution in [2.24, 2.45) is 9.98 Å². The van der Waals surface area contributed by atoms with Crippen molar-refractivity contribution < 1.29 is 16.2 Å². The first kappa shape index (κ1) is 29.4. The van der Waals surface area contributed by atoms with E-state index in [0.717, 1.165) is 11.1 Å². The lowest BCUT2D eigenvalue weighted by atomic mass is 10.2. The first-order valence-electron chi connectivity index (χ1n) is 12.6. The van der Waals surface area contributed by atoms with E-state index in [1.165, 1.54) is 0 Å². The van der Waals surface area contributed by atoms with Gasteiger partial charge in [-0.3, -0.25) is 17.7 Å². The lowest BCUT2D eigenvalue weighted by Gasteiger charge is -2.47. The first-order chi connectivity index (χ1) is 17.5. The summed E-state index contributed by atoms with van der Waals surface area (Å²) in [5.74, 6) is 1.27. The highest BCUT2D eigenvalue weighted by molar-refractivity contribution is 8.58. The van der Waals surface area contributed by atoms with Crippen LogP contribution in [0.4, 0.5) is 0 Å². The Morgan fingerprint density at radius 1 is 0.649 bits per heavy atom. The Hall–Kier alpha value is -2.18. The molecule has 0 bridgehead atoms. The van der Waals surface area contributed by atoms with Gasteiger partial charge in [0.1, 0.15) is 11.7 Å². The molecule has 2 aromatic carbocycles. The van der Waals surface area contributed by atoms with Crippen molar-refractivity contribution in [2.45, 2.75) is 79.6 Å². The normalized spacial score (nSPS) is 22.9. The monoisotopic (exact) mass is 562 g/mol. The summed E-state index contributed by atoms with van der Waals surface area (Å²) in [6.45, 7) is 16.0. The van der Waals surface area contributed by atoms with Crippen molar-refractivity contribution in [1.82, 2.24) is 9.13 Å². The summed E-state index contributed by atoms with van der Waals surface area (Å²) in [5.41, 5.74) is 1.72. The fraction of sp³-hybridized carbons (Fsp3) is 0.462. The summed E-state index contributed by atoms with van der Waals surface area (Å²) in [6, 6.07) is 19.1. The Balaban J connectivity index is 2.38. The first-order valence-corrected chi connectivity index (χ1v) is 16.9. The van der Waals surface area contributed by atoms with Crippen LogP contribution in [0.5, 0.6) is 0 Å². The molecule has 1 aliphatic heterocycles. The molecule has 11 heteroatoms. The van der Waals surface area contributed by atoms with Crippen LogP contribution in [0.3, 0.4) is 0 Å². The summed E-state index contributed by atoms with van der Waals surface area (Å²) in [4.78, 5) is 9.99. The van der Waals surface area contributed by atoms with E-state index < -0.39 is 29.1 Å². The van der Waals surface area contributed by atoms with Gasteiger partial charge in [-0.1, -0.05) is 60.7 Å². The molecule has 0 spiro atoms. The van der Waals surface area contributed by atoms with Gasteiger partial charge in [0.25, 0.3) is 20.2 Å².